The zero-order chi connectivity index (χ0) is 26.9. The number of carbonyl (C=O) groups excluding carboxylic acids is 1. The molecule has 0 fully saturated rings. The van der Waals surface area contributed by atoms with Gasteiger partial charge in [-0.05, 0) is 40.5 Å². The van der Waals surface area contributed by atoms with E-state index in [1.54, 1.807) is 36.9 Å². The highest BCUT2D eigenvalue weighted by Crippen LogP contribution is 2.47. The molecule has 1 atom stereocenters. The number of aromatic amines is 1. The molecule has 0 spiro atoms. The van der Waals surface area contributed by atoms with Crippen molar-refractivity contribution in [2.45, 2.75) is 12.2 Å². The fourth-order valence-electron chi connectivity index (χ4n) is 4.31. The van der Waals surface area contributed by atoms with Crippen molar-refractivity contribution in [1.29, 1.82) is 0 Å². The van der Waals surface area contributed by atoms with Crippen LogP contribution in [0.3, 0.4) is 0 Å². The molecular weight excluding hydrogens is 499 g/mol. The van der Waals surface area contributed by atoms with Gasteiger partial charge in [-0.25, -0.2) is 9.78 Å². The number of carboxylic acids is 1. The van der Waals surface area contributed by atoms with Crippen molar-refractivity contribution in [3.8, 4) is 22.5 Å². The molecule has 0 saturated carbocycles. The van der Waals surface area contributed by atoms with Gasteiger partial charge in [0, 0.05) is 29.7 Å². The number of rotatable bonds is 3. The maximum absolute atomic E-state index is 12.9. The number of hydrogen-bond donors (Lipinski definition) is 3. The molecule has 1 aliphatic carbocycles. The first-order chi connectivity index (χ1) is 18.2. The Kier molecular flexibility index (Phi) is 6.33. The van der Waals surface area contributed by atoms with Gasteiger partial charge in [-0.2, -0.15) is 13.2 Å². The van der Waals surface area contributed by atoms with Crippen LogP contribution in [0.4, 0.5) is 13.2 Å². The molecule has 1 unspecified atom stereocenters. The summed E-state index contributed by atoms with van der Waals surface area (Å²) >= 11 is 0. The van der Waals surface area contributed by atoms with Crippen LogP contribution in [-0.2, 0) is 4.79 Å². The number of amides is 1. The summed E-state index contributed by atoms with van der Waals surface area (Å²) in [6.07, 6.45) is 1.68. The van der Waals surface area contributed by atoms with Crippen molar-refractivity contribution in [3.63, 3.8) is 0 Å². The predicted molar refractivity (Wildman–Crippen MR) is 132 cm³/mol. The largest absolute Gasteiger partial charge is 0.490 e. The predicted octanol–water partition coefficient (Wildman–Crippen LogP) is 5.15. The van der Waals surface area contributed by atoms with Gasteiger partial charge < -0.3 is 15.4 Å². The minimum atomic E-state index is -5.08. The van der Waals surface area contributed by atoms with Crippen LogP contribution in [0.2, 0.25) is 0 Å². The third-order valence-corrected chi connectivity index (χ3v) is 5.95. The maximum Gasteiger partial charge on any atom is 0.490 e. The SMILES string of the molecule is O=C(NC1c2ccccc2-c2c(-c3nc4ccncc4[nH]3)cccc21)c1ccncc1.O=C(O)C(F)(F)F. The van der Waals surface area contributed by atoms with Gasteiger partial charge in [-0.1, -0.05) is 42.5 Å². The molecule has 0 saturated heterocycles. The molecule has 38 heavy (non-hydrogen) atoms. The Morgan fingerprint density at radius 2 is 1.53 bits per heavy atom. The Hall–Kier alpha value is -5.06. The quantitative estimate of drug-likeness (QED) is 0.304. The highest BCUT2D eigenvalue weighted by Gasteiger charge is 2.38. The highest BCUT2D eigenvalue weighted by molar-refractivity contribution is 5.97. The Bertz CT molecular complexity index is 1620. The minimum Gasteiger partial charge on any atom is -0.475 e. The van der Waals surface area contributed by atoms with Crippen LogP contribution in [0.25, 0.3) is 33.5 Å². The number of nitrogens with one attached hydrogen (secondary N) is 2. The van der Waals surface area contributed by atoms with Crippen LogP contribution in [-0.4, -0.2) is 43.1 Å². The fourth-order valence-corrected chi connectivity index (χ4v) is 4.31. The van der Waals surface area contributed by atoms with Gasteiger partial charge in [0.2, 0.25) is 0 Å². The van der Waals surface area contributed by atoms with Gasteiger partial charge in [0.05, 0.1) is 23.3 Å². The lowest BCUT2D eigenvalue weighted by Crippen LogP contribution is -2.28. The zero-order valence-electron chi connectivity index (χ0n) is 19.4. The third-order valence-electron chi connectivity index (χ3n) is 5.95. The number of nitrogens with zero attached hydrogens (tertiary/aromatic N) is 3. The summed E-state index contributed by atoms with van der Waals surface area (Å²) < 4.78 is 31.7. The lowest BCUT2D eigenvalue weighted by molar-refractivity contribution is -0.192. The van der Waals surface area contributed by atoms with Crippen LogP contribution in [0.5, 0.6) is 0 Å². The lowest BCUT2D eigenvalue weighted by Gasteiger charge is -2.16. The van der Waals surface area contributed by atoms with Gasteiger partial charge in [0.1, 0.15) is 5.82 Å². The summed E-state index contributed by atoms with van der Waals surface area (Å²) in [6.45, 7) is 0. The van der Waals surface area contributed by atoms with Crippen LogP contribution in [0.1, 0.15) is 27.5 Å². The molecule has 5 aromatic rings. The maximum atomic E-state index is 12.9. The van der Waals surface area contributed by atoms with Crippen molar-refractivity contribution in [2.24, 2.45) is 0 Å². The lowest BCUT2D eigenvalue weighted by atomic mass is 9.98. The number of carboxylic acid groups (broad SMARTS) is 1. The standard InChI is InChI=1S/C25H17N5O.C2HF3O2/c31-25(15-8-11-26-12-9-15)30-23-17-5-2-1-4-16(17)22-18(23)6-3-7-19(22)24-28-20-10-13-27-14-21(20)29-24;3-2(4,5)1(6)7/h1-14,23H,(H,28,29)(H,30,31);(H,6,7). The molecule has 11 heteroatoms. The zero-order valence-corrected chi connectivity index (χ0v) is 19.4. The van der Waals surface area contributed by atoms with E-state index in [2.05, 4.69) is 44.5 Å². The molecule has 190 valence electrons. The number of benzene rings is 2. The number of alkyl halides is 3. The molecule has 0 aliphatic heterocycles. The van der Waals surface area contributed by atoms with E-state index in [1.807, 2.05) is 24.3 Å². The van der Waals surface area contributed by atoms with Gasteiger partial charge in [-0.3, -0.25) is 14.8 Å². The summed E-state index contributed by atoms with van der Waals surface area (Å²) in [4.78, 5) is 38.2. The van der Waals surface area contributed by atoms with E-state index in [0.717, 1.165) is 44.7 Å². The number of imidazole rings is 1. The molecule has 1 aliphatic rings. The smallest absolute Gasteiger partial charge is 0.475 e. The summed E-state index contributed by atoms with van der Waals surface area (Å²) in [5, 5.41) is 10.3. The van der Waals surface area contributed by atoms with Gasteiger partial charge in [-0.15, -0.1) is 0 Å². The molecule has 3 heterocycles. The van der Waals surface area contributed by atoms with Gasteiger partial charge >= 0.3 is 12.1 Å². The molecule has 0 radical (unpaired) electrons. The van der Waals surface area contributed by atoms with Crippen molar-refractivity contribution in [1.82, 2.24) is 25.3 Å². The van der Waals surface area contributed by atoms with E-state index in [1.165, 1.54) is 0 Å². The summed E-state index contributed by atoms with van der Waals surface area (Å²) in [7, 11) is 0. The highest BCUT2D eigenvalue weighted by atomic mass is 19.4. The normalized spacial score (nSPS) is 13.7. The Labute approximate surface area is 213 Å². The molecule has 0 bridgehead atoms. The summed E-state index contributed by atoms with van der Waals surface area (Å²) in [6, 6.07) is 19.4. The Morgan fingerprint density at radius 3 is 2.24 bits per heavy atom. The van der Waals surface area contributed by atoms with Crippen LogP contribution < -0.4 is 5.32 Å². The molecule has 8 nitrogen and oxygen atoms in total. The molecule has 2 aromatic carbocycles. The van der Waals surface area contributed by atoms with Crippen LogP contribution in [0.15, 0.2) is 85.5 Å². The number of aromatic nitrogens is 4. The van der Waals surface area contributed by atoms with E-state index in [4.69, 9.17) is 14.9 Å². The number of halogens is 3. The van der Waals surface area contributed by atoms with E-state index < -0.39 is 12.1 Å². The Balaban J connectivity index is 0.000000374. The molecule has 3 N–H and O–H groups in total. The fraction of sp³-hybridized carbons (Fsp3) is 0.0741. The number of hydrogen-bond acceptors (Lipinski definition) is 5. The van der Waals surface area contributed by atoms with Crippen LogP contribution >= 0.6 is 0 Å². The average molecular weight is 517 g/mol. The molecular formula is C27H18F3N5O3. The van der Waals surface area contributed by atoms with Crippen molar-refractivity contribution >= 4 is 22.9 Å². The third kappa shape index (κ3) is 4.69. The van der Waals surface area contributed by atoms with Crippen molar-refractivity contribution in [2.75, 3.05) is 0 Å². The number of H-pyrrole nitrogens is 1. The summed E-state index contributed by atoms with van der Waals surface area (Å²) in [5.74, 6) is -2.10. The van der Waals surface area contributed by atoms with Crippen molar-refractivity contribution in [3.05, 3.63) is 102 Å². The summed E-state index contributed by atoms with van der Waals surface area (Å²) in [5.41, 5.74) is 7.67. The van der Waals surface area contributed by atoms with Gasteiger partial charge in [0.15, 0.2) is 0 Å². The first kappa shape index (κ1) is 24.6. The first-order valence-corrected chi connectivity index (χ1v) is 11.3. The van der Waals surface area contributed by atoms with E-state index >= 15 is 0 Å². The number of aliphatic carboxylic acids is 1. The number of carbonyl (C=O) groups is 2. The minimum absolute atomic E-state index is 0.129. The second kappa shape index (κ2) is 9.77. The average Bonchev–Trinajstić information content (AvgIpc) is 3.49. The van der Waals surface area contributed by atoms with E-state index in [0.29, 0.717) is 5.56 Å². The topological polar surface area (TPSA) is 121 Å². The van der Waals surface area contributed by atoms with Crippen LogP contribution in [0, 0.1) is 0 Å². The van der Waals surface area contributed by atoms with E-state index in [9.17, 15) is 18.0 Å². The molecule has 3 aromatic heterocycles. The Morgan fingerprint density at radius 1 is 0.868 bits per heavy atom. The molecule has 6 rings (SSSR count). The first-order valence-electron chi connectivity index (χ1n) is 11.3. The number of pyridine rings is 2. The van der Waals surface area contributed by atoms with E-state index in [-0.39, 0.29) is 11.9 Å². The second-order valence-corrected chi connectivity index (χ2v) is 8.28. The van der Waals surface area contributed by atoms with Crippen molar-refractivity contribution < 1.29 is 27.9 Å². The van der Waals surface area contributed by atoms with Gasteiger partial charge in [0.25, 0.3) is 5.91 Å². The molecule has 1 amide bonds. The number of fused-ring (bicyclic) bond motifs is 4. The monoisotopic (exact) mass is 517 g/mol. The second-order valence-electron chi connectivity index (χ2n) is 8.28.